The Bertz CT molecular complexity index is 1120. The van der Waals surface area contributed by atoms with Crippen molar-refractivity contribution in [3.05, 3.63) is 84.2 Å². The minimum atomic E-state index is -0.102. The van der Waals surface area contributed by atoms with Crippen molar-refractivity contribution < 1.29 is 0 Å². The number of benzene rings is 2. The van der Waals surface area contributed by atoms with Crippen LogP contribution >= 0.6 is 0 Å². The molecule has 0 atom stereocenters. The number of para-hydroxylation sites is 2. The summed E-state index contributed by atoms with van der Waals surface area (Å²) in [6, 6.07) is 24.0. The van der Waals surface area contributed by atoms with Crippen molar-refractivity contribution in [2.75, 3.05) is 0 Å². The Balaban J connectivity index is 1.81. The first kappa shape index (κ1) is 21.7. The third kappa shape index (κ3) is 4.54. The highest BCUT2D eigenvalue weighted by atomic mass is 15.4. The van der Waals surface area contributed by atoms with Crippen LogP contribution in [-0.2, 0) is 10.8 Å². The zero-order valence-corrected chi connectivity index (χ0v) is 19.6. The molecule has 6 heteroatoms. The van der Waals surface area contributed by atoms with Crippen molar-refractivity contribution in [3.63, 3.8) is 0 Å². The van der Waals surface area contributed by atoms with Crippen molar-refractivity contribution in [2.45, 2.75) is 52.4 Å². The van der Waals surface area contributed by atoms with Crippen LogP contribution in [0.15, 0.2) is 83.0 Å². The van der Waals surface area contributed by atoms with E-state index in [0.29, 0.717) is 11.6 Å². The van der Waals surface area contributed by atoms with Crippen LogP contribution in [0.25, 0.3) is 11.4 Å². The summed E-state index contributed by atoms with van der Waals surface area (Å²) in [6.45, 7) is 12.9. The Hall–Kier alpha value is -3.54. The van der Waals surface area contributed by atoms with Gasteiger partial charge in [0.25, 0.3) is 0 Å². The molecule has 4 aromatic rings. The van der Waals surface area contributed by atoms with E-state index < -0.39 is 0 Å². The van der Waals surface area contributed by atoms with Crippen molar-refractivity contribution >= 4 is 11.6 Å². The zero-order chi connectivity index (χ0) is 22.9. The Morgan fingerprint density at radius 3 is 1.22 bits per heavy atom. The topological polar surface area (TPSA) is 60.4 Å². The molecule has 0 spiro atoms. The highest BCUT2D eigenvalue weighted by Crippen LogP contribution is 2.31. The minimum absolute atomic E-state index is 0.102. The molecule has 32 heavy (non-hydrogen) atoms. The van der Waals surface area contributed by atoms with Crippen LogP contribution in [0.5, 0.6) is 0 Å². The van der Waals surface area contributed by atoms with Crippen molar-refractivity contribution in [1.82, 2.24) is 19.6 Å². The van der Waals surface area contributed by atoms with E-state index in [-0.39, 0.29) is 10.8 Å². The predicted octanol–water partition coefficient (Wildman–Crippen LogP) is 7.07. The van der Waals surface area contributed by atoms with Gasteiger partial charge in [-0.05, 0) is 24.3 Å². The zero-order valence-electron chi connectivity index (χ0n) is 19.6. The van der Waals surface area contributed by atoms with Gasteiger partial charge in [-0.25, -0.2) is 9.36 Å². The second-order valence-corrected chi connectivity index (χ2v) is 9.97. The van der Waals surface area contributed by atoms with Crippen LogP contribution in [0.4, 0.5) is 11.6 Å². The molecule has 0 amide bonds. The monoisotopic (exact) mass is 426 g/mol. The molecule has 0 N–H and O–H groups in total. The molecule has 0 unspecified atom stereocenters. The van der Waals surface area contributed by atoms with Crippen LogP contribution in [0.1, 0.15) is 52.9 Å². The fourth-order valence-electron chi connectivity index (χ4n) is 3.24. The molecule has 0 aliphatic rings. The van der Waals surface area contributed by atoms with Gasteiger partial charge in [-0.15, -0.1) is 10.2 Å². The average Bonchev–Trinajstić information content (AvgIpc) is 3.38. The second kappa shape index (κ2) is 8.19. The summed E-state index contributed by atoms with van der Waals surface area (Å²) in [6.07, 6.45) is 0. The molecule has 2 heterocycles. The number of hydrogen-bond acceptors (Lipinski definition) is 4. The first-order valence-electron chi connectivity index (χ1n) is 10.9. The van der Waals surface area contributed by atoms with Gasteiger partial charge in [0.15, 0.2) is 11.6 Å². The van der Waals surface area contributed by atoms with Gasteiger partial charge in [-0.3, -0.25) is 0 Å². The maximum Gasteiger partial charge on any atom is 0.178 e. The summed E-state index contributed by atoms with van der Waals surface area (Å²) in [7, 11) is 0. The quantitative estimate of drug-likeness (QED) is 0.328. The highest BCUT2D eigenvalue weighted by Gasteiger charge is 2.22. The summed E-state index contributed by atoms with van der Waals surface area (Å²) >= 11 is 0. The van der Waals surface area contributed by atoms with E-state index in [4.69, 9.17) is 10.2 Å². The van der Waals surface area contributed by atoms with Crippen LogP contribution in [-0.4, -0.2) is 19.6 Å². The van der Waals surface area contributed by atoms with Gasteiger partial charge in [-0.2, -0.15) is 10.2 Å². The van der Waals surface area contributed by atoms with Crippen LogP contribution in [0, 0.1) is 0 Å². The minimum Gasteiger partial charge on any atom is -0.213 e. The molecule has 164 valence electrons. The number of azo groups is 1. The molecule has 0 bridgehead atoms. The number of nitrogens with zero attached hydrogens (tertiary/aromatic N) is 6. The first-order chi connectivity index (χ1) is 15.1. The van der Waals surface area contributed by atoms with Gasteiger partial charge in [0.1, 0.15) is 0 Å². The summed E-state index contributed by atoms with van der Waals surface area (Å²) < 4.78 is 3.69. The lowest BCUT2D eigenvalue weighted by molar-refractivity contribution is 0.560. The smallest absolute Gasteiger partial charge is 0.178 e. The van der Waals surface area contributed by atoms with Gasteiger partial charge in [-0.1, -0.05) is 77.9 Å². The van der Waals surface area contributed by atoms with Crippen LogP contribution in [0.2, 0.25) is 0 Å². The molecule has 6 nitrogen and oxygen atoms in total. The van der Waals surface area contributed by atoms with Crippen molar-refractivity contribution in [3.8, 4) is 11.4 Å². The molecular formula is C26H30N6. The fourth-order valence-corrected chi connectivity index (χ4v) is 3.24. The maximum absolute atomic E-state index is 4.83. The highest BCUT2D eigenvalue weighted by molar-refractivity contribution is 5.46. The summed E-state index contributed by atoms with van der Waals surface area (Å²) in [4.78, 5) is 0. The summed E-state index contributed by atoms with van der Waals surface area (Å²) in [5.41, 5.74) is 3.61. The van der Waals surface area contributed by atoms with Gasteiger partial charge >= 0.3 is 0 Å². The van der Waals surface area contributed by atoms with Gasteiger partial charge in [0.05, 0.1) is 22.8 Å². The van der Waals surface area contributed by atoms with E-state index in [2.05, 4.69) is 51.8 Å². The predicted molar refractivity (Wildman–Crippen MR) is 129 cm³/mol. The van der Waals surface area contributed by atoms with Crippen LogP contribution < -0.4 is 0 Å². The third-order valence-electron chi connectivity index (χ3n) is 5.17. The lowest BCUT2D eigenvalue weighted by atomic mass is 9.92. The lowest BCUT2D eigenvalue weighted by Gasteiger charge is -2.14. The SMILES string of the molecule is CC(C)(C)c1cc(/N=N/c2cc(C(C)(C)C)nn2-c2ccccc2)n(-c2ccccc2)n1. The largest absolute Gasteiger partial charge is 0.213 e. The van der Waals surface area contributed by atoms with Gasteiger partial charge in [0.2, 0.25) is 0 Å². The molecular weight excluding hydrogens is 396 g/mol. The van der Waals surface area contributed by atoms with Crippen molar-refractivity contribution in [1.29, 1.82) is 0 Å². The van der Waals surface area contributed by atoms with E-state index in [1.54, 1.807) is 0 Å². The second-order valence-electron chi connectivity index (χ2n) is 9.97. The normalized spacial score (nSPS) is 12.6. The Morgan fingerprint density at radius 1 is 0.562 bits per heavy atom. The molecule has 0 aliphatic heterocycles. The van der Waals surface area contributed by atoms with E-state index in [9.17, 15) is 0 Å². The van der Waals surface area contributed by atoms with E-state index >= 15 is 0 Å². The first-order valence-corrected chi connectivity index (χ1v) is 10.9. The molecule has 2 aromatic carbocycles. The Labute approximate surface area is 189 Å². The van der Waals surface area contributed by atoms with E-state index in [0.717, 1.165) is 22.8 Å². The number of hydrogen-bond donors (Lipinski definition) is 0. The van der Waals surface area contributed by atoms with Crippen LogP contribution in [0.3, 0.4) is 0 Å². The van der Waals surface area contributed by atoms with E-state index in [1.807, 2.05) is 82.2 Å². The van der Waals surface area contributed by atoms with Crippen molar-refractivity contribution in [2.24, 2.45) is 10.2 Å². The molecule has 2 aromatic heterocycles. The Kier molecular flexibility index (Phi) is 5.55. The molecule has 0 fully saturated rings. The lowest BCUT2D eigenvalue weighted by Crippen LogP contribution is -2.12. The summed E-state index contributed by atoms with van der Waals surface area (Å²) in [5, 5.41) is 18.9. The molecule has 0 radical (unpaired) electrons. The average molecular weight is 427 g/mol. The maximum atomic E-state index is 4.83. The third-order valence-corrected chi connectivity index (χ3v) is 5.17. The fraction of sp³-hybridized carbons (Fsp3) is 0.308. The molecule has 4 rings (SSSR count). The molecule has 0 saturated heterocycles. The van der Waals surface area contributed by atoms with Gasteiger partial charge in [0, 0.05) is 23.0 Å². The van der Waals surface area contributed by atoms with Gasteiger partial charge < -0.3 is 0 Å². The standard InChI is InChI=1S/C26H30N6/c1-25(2,3)21-17-23(31(29-21)19-13-9-7-10-14-19)27-28-24-18-22(26(4,5)6)30-32(24)20-15-11-8-12-16-20/h7-18H,1-6H3/b28-27+. The molecule has 0 saturated carbocycles. The van der Waals surface area contributed by atoms with E-state index in [1.165, 1.54) is 0 Å². The number of aromatic nitrogens is 4. The molecule has 0 aliphatic carbocycles. The number of rotatable bonds is 4. The Morgan fingerprint density at radius 2 is 0.906 bits per heavy atom. The summed E-state index contributed by atoms with van der Waals surface area (Å²) in [5.74, 6) is 1.36.